The molecule has 0 bridgehead atoms. The van der Waals surface area contributed by atoms with Gasteiger partial charge in [0, 0.05) is 23.3 Å². The Balaban J connectivity index is 2.08. The van der Waals surface area contributed by atoms with E-state index in [-0.39, 0.29) is 0 Å². The van der Waals surface area contributed by atoms with Gasteiger partial charge < -0.3 is 10.5 Å². The first-order chi connectivity index (χ1) is 8.69. The van der Waals surface area contributed by atoms with Crippen LogP contribution in [-0.2, 0) is 20.1 Å². The van der Waals surface area contributed by atoms with Crippen molar-refractivity contribution in [1.29, 1.82) is 0 Å². The summed E-state index contributed by atoms with van der Waals surface area (Å²) >= 11 is 3.46. The van der Waals surface area contributed by atoms with E-state index in [0.717, 1.165) is 27.8 Å². The molecule has 2 rings (SSSR count). The second-order valence-corrected chi connectivity index (χ2v) is 5.02. The molecule has 0 radical (unpaired) electrons. The highest BCUT2D eigenvalue weighted by Gasteiger charge is 2.05. The molecule has 1 aromatic heterocycles. The molecular weight excluding hydrogens is 294 g/mol. The minimum atomic E-state index is 0.521. The maximum atomic E-state index is 5.81. The minimum Gasteiger partial charge on any atom is -0.489 e. The number of nitrogens with two attached hydrogens (primary N) is 1. The third kappa shape index (κ3) is 3.34. The lowest BCUT2D eigenvalue weighted by molar-refractivity contribution is 0.303. The molecule has 2 N–H and O–H groups in total. The van der Waals surface area contributed by atoms with Crippen molar-refractivity contribution in [2.24, 2.45) is 12.8 Å². The third-order valence-electron chi connectivity index (χ3n) is 2.59. The minimum absolute atomic E-state index is 0.521. The van der Waals surface area contributed by atoms with Crippen molar-refractivity contribution in [3.05, 3.63) is 46.2 Å². The van der Waals surface area contributed by atoms with Crippen molar-refractivity contribution in [1.82, 2.24) is 9.78 Å². The van der Waals surface area contributed by atoms with E-state index in [1.165, 1.54) is 0 Å². The maximum absolute atomic E-state index is 5.81. The summed E-state index contributed by atoms with van der Waals surface area (Å²) in [6.07, 6.45) is 4.56. The molecule has 0 amide bonds. The second-order valence-electron chi connectivity index (χ2n) is 4.10. The smallest absolute Gasteiger partial charge is 0.123 e. The standard InChI is InChI=1S/C13H16BrN3O/c1-17-8-10(7-16-17)9-18-13-3-2-12(14)6-11(13)4-5-15/h2-3,6-8H,4-5,9,15H2,1H3. The predicted octanol–water partition coefficient (Wildman–Crippen LogP) is 2.26. The van der Waals surface area contributed by atoms with Gasteiger partial charge in [-0.25, -0.2) is 0 Å². The molecule has 0 atom stereocenters. The van der Waals surface area contributed by atoms with Crippen LogP contribution in [0.15, 0.2) is 35.1 Å². The van der Waals surface area contributed by atoms with Gasteiger partial charge in [0.25, 0.3) is 0 Å². The molecule has 2 aromatic rings. The van der Waals surface area contributed by atoms with E-state index >= 15 is 0 Å². The molecule has 0 saturated carbocycles. The Kier molecular flexibility index (Phi) is 4.38. The van der Waals surface area contributed by atoms with Crippen molar-refractivity contribution in [3.8, 4) is 5.75 Å². The summed E-state index contributed by atoms with van der Waals surface area (Å²) in [5.74, 6) is 0.882. The monoisotopic (exact) mass is 309 g/mol. The molecule has 5 heteroatoms. The molecular formula is C13H16BrN3O. The van der Waals surface area contributed by atoms with Crippen LogP contribution in [0.25, 0.3) is 0 Å². The van der Waals surface area contributed by atoms with E-state index in [4.69, 9.17) is 10.5 Å². The van der Waals surface area contributed by atoms with Gasteiger partial charge in [-0.3, -0.25) is 4.68 Å². The highest BCUT2D eigenvalue weighted by molar-refractivity contribution is 9.10. The van der Waals surface area contributed by atoms with Crippen LogP contribution in [0.4, 0.5) is 0 Å². The quantitative estimate of drug-likeness (QED) is 0.921. The van der Waals surface area contributed by atoms with Gasteiger partial charge in [-0.2, -0.15) is 5.10 Å². The van der Waals surface area contributed by atoms with Gasteiger partial charge in [-0.05, 0) is 36.7 Å². The lowest BCUT2D eigenvalue weighted by Crippen LogP contribution is -2.05. The molecule has 0 aliphatic heterocycles. The first-order valence-corrected chi connectivity index (χ1v) is 6.57. The Morgan fingerprint density at radius 3 is 2.94 bits per heavy atom. The fourth-order valence-electron chi connectivity index (χ4n) is 1.75. The predicted molar refractivity (Wildman–Crippen MR) is 74.4 cm³/mol. The zero-order valence-electron chi connectivity index (χ0n) is 10.3. The first-order valence-electron chi connectivity index (χ1n) is 5.78. The summed E-state index contributed by atoms with van der Waals surface area (Å²) in [7, 11) is 1.89. The number of rotatable bonds is 5. The molecule has 1 heterocycles. The van der Waals surface area contributed by atoms with Crippen molar-refractivity contribution in [2.45, 2.75) is 13.0 Å². The molecule has 0 spiro atoms. The number of hydrogen-bond acceptors (Lipinski definition) is 3. The normalized spacial score (nSPS) is 10.6. The number of nitrogens with zero attached hydrogens (tertiary/aromatic N) is 2. The highest BCUT2D eigenvalue weighted by Crippen LogP contribution is 2.24. The molecule has 0 unspecified atom stereocenters. The number of hydrogen-bond donors (Lipinski definition) is 1. The van der Waals surface area contributed by atoms with Gasteiger partial charge in [0.1, 0.15) is 12.4 Å². The van der Waals surface area contributed by atoms with Crippen LogP contribution in [-0.4, -0.2) is 16.3 Å². The summed E-state index contributed by atoms with van der Waals surface area (Å²) in [6, 6.07) is 5.98. The van der Waals surface area contributed by atoms with Crippen molar-refractivity contribution >= 4 is 15.9 Å². The number of halogens is 1. The van der Waals surface area contributed by atoms with E-state index in [9.17, 15) is 0 Å². The van der Waals surface area contributed by atoms with Crippen LogP contribution in [0.3, 0.4) is 0 Å². The van der Waals surface area contributed by atoms with Crippen molar-refractivity contribution in [2.75, 3.05) is 6.54 Å². The zero-order chi connectivity index (χ0) is 13.0. The van der Waals surface area contributed by atoms with E-state index in [2.05, 4.69) is 21.0 Å². The Labute approximate surface area is 115 Å². The van der Waals surface area contributed by atoms with Gasteiger partial charge in [-0.1, -0.05) is 15.9 Å². The number of aryl methyl sites for hydroxylation is 1. The molecule has 96 valence electrons. The average molecular weight is 310 g/mol. The van der Waals surface area contributed by atoms with E-state index < -0.39 is 0 Å². The summed E-state index contributed by atoms with van der Waals surface area (Å²) in [5.41, 5.74) is 7.78. The van der Waals surface area contributed by atoms with E-state index in [0.29, 0.717) is 13.2 Å². The Morgan fingerprint density at radius 2 is 2.28 bits per heavy atom. The topological polar surface area (TPSA) is 53.1 Å². The fourth-order valence-corrected chi connectivity index (χ4v) is 2.16. The first kappa shape index (κ1) is 13.1. The fraction of sp³-hybridized carbons (Fsp3) is 0.308. The van der Waals surface area contributed by atoms with E-state index in [1.807, 2.05) is 37.6 Å². The molecule has 0 aliphatic rings. The van der Waals surface area contributed by atoms with Crippen molar-refractivity contribution < 1.29 is 4.74 Å². The lowest BCUT2D eigenvalue weighted by atomic mass is 10.1. The maximum Gasteiger partial charge on any atom is 0.123 e. The van der Waals surface area contributed by atoms with Crippen LogP contribution < -0.4 is 10.5 Å². The van der Waals surface area contributed by atoms with Crippen LogP contribution in [0, 0.1) is 0 Å². The number of ether oxygens (including phenoxy) is 1. The summed E-state index contributed by atoms with van der Waals surface area (Å²) in [6.45, 7) is 1.13. The van der Waals surface area contributed by atoms with Gasteiger partial charge in [0.05, 0.1) is 6.20 Å². The van der Waals surface area contributed by atoms with Crippen molar-refractivity contribution in [3.63, 3.8) is 0 Å². The molecule has 1 aromatic carbocycles. The Bertz CT molecular complexity index is 525. The lowest BCUT2D eigenvalue weighted by Gasteiger charge is -2.10. The summed E-state index contributed by atoms with van der Waals surface area (Å²) < 4.78 is 8.62. The second kappa shape index (κ2) is 6.02. The van der Waals surface area contributed by atoms with Gasteiger partial charge in [0.15, 0.2) is 0 Å². The largest absolute Gasteiger partial charge is 0.489 e. The highest BCUT2D eigenvalue weighted by atomic mass is 79.9. The third-order valence-corrected chi connectivity index (χ3v) is 3.08. The molecule has 0 fully saturated rings. The molecule has 0 aliphatic carbocycles. The SMILES string of the molecule is Cn1cc(COc2ccc(Br)cc2CCN)cn1. The summed E-state index contributed by atoms with van der Waals surface area (Å²) in [4.78, 5) is 0. The Morgan fingerprint density at radius 1 is 1.44 bits per heavy atom. The van der Waals surface area contributed by atoms with Gasteiger partial charge in [0.2, 0.25) is 0 Å². The molecule has 18 heavy (non-hydrogen) atoms. The summed E-state index contributed by atoms with van der Waals surface area (Å²) in [5, 5.41) is 4.11. The van der Waals surface area contributed by atoms with Crippen LogP contribution in [0.5, 0.6) is 5.75 Å². The van der Waals surface area contributed by atoms with Crippen LogP contribution in [0.2, 0.25) is 0 Å². The average Bonchev–Trinajstić information content (AvgIpc) is 2.75. The number of benzene rings is 1. The van der Waals surface area contributed by atoms with E-state index in [1.54, 1.807) is 4.68 Å². The van der Waals surface area contributed by atoms with Crippen LogP contribution >= 0.6 is 15.9 Å². The zero-order valence-corrected chi connectivity index (χ0v) is 11.9. The van der Waals surface area contributed by atoms with Gasteiger partial charge >= 0.3 is 0 Å². The molecule has 0 saturated heterocycles. The Hall–Kier alpha value is -1.33. The molecule has 4 nitrogen and oxygen atoms in total. The number of aromatic nitrogens is 2. The van der Waals surface area contributed by atoms with Gasteiger partial charge in [-0.15, -0.1) is 0 Å². The van der Waals surface area contributed by atoms with Crippen LogP contribution in [0.1, 0.15) is 11.1 Å².